The molecule has 78 valence electrons. The molecule has 0 spiro atoms. The maximum atomic E-state index is 9.67. The first-order valence-electron chi connectivity index (χ1n) is 4.91. The number of aliphatic hydroxyl groups is 1. The van der Waals surface area contributed by atoms with Crippen molar-refractivity contribution in [3.63, 3.8) is 0 Å². The molecule has 0 aromatic carbocycles. The molecule has 1 N–H and O–H groups in total. The largest absolute Gasteiger partial charge is 0.390 e. The van der Waals surface area contributed by atoms with Crippen LogP contribution in [0.15, 0.2) is 12.7 Å². The minimum absolute atomic E-state index is 0.0852. The fourth-order valence-corrected chi connectivity index (χ4v) is 1.47. The van der Waals surface area contributed by atoms with Gasteiger partial charge in [-0.3, -0.25) is 0 Å². The third-order valence-electron chi connectivity index (χ3n) is 2.79. The fourth-order valence-electron chi connectivity index (χ4n) is 1.47. The Morgan fingerprint density at radius 3 is 2.31 bits per heavy atom. The first kappa shape index (κ1) is 12.7. The van der Waals surface area contributed by atoms with Crippen molar-refractivity contribution in [2.45, 2.75) is 39.4 Å². The van der Waals surface area contributed by atoms with Crippen LogP contribution in [0, 0.1) is 11.8 Å². The number of rotatable bonds is 6. The van der Waals surface area contributed by atoms with E-state index in [1.165, 1.54) is 0 Å². The normalized spacial score (nSPS) is 20.4. The van der Waals surface area contributed by atoms with Crippen molar-refractivity contribution in [2.24, 2.45) is 11.8 Å². The average Bonchev–Trinajstić information content (AvgIpc) is 2.17. The second-order valence-corrected chi connectivity index (χ2v) is 3.63. The molecule has 0 saturated heterocycles. The molecule has 0 bridgehead atoms. The number of aliphatic hydroxyl groups excluding tert-OH is 1. The second kappa shape index (κ2) is 6.17. The van der Waals surface area contributed by atoms with Crippen molar-refractivity contribution in [2.75, 3.05) is 7.11 Å². The third kappa shape index (κ3) is 3.49. The van der Waals surface area contributed by atoms with Crippen molar-refractivity contribution < 1.29 is 9.84 Å². The monoisotopic (exact) mass is 186 g/mol. The zero-order valence-electron chi connectivity index (χ0n) is 9.16. The number of hydrogen-bond acceptors (Lipinski definition) is 2. The molecule has 4 atom stereocenters. The van der Waals surface area contributed by atoms with Gasteiger partial charge in [-0.25, -0.2) is 0 Å². The summed E-state index contributed by atoms with van der Waals surface area (Å²) in [4.78, 5) is 0. The Kier molecular flexibility index (Phi) is 6.00. The predicted molar refractivity (Wildman–Crippen MR) is 55.6 cm³/mol. The first-order chi connectivity index (χ1) is 6.08. The van der Waals surface area contributed by atoms with Gasteiger partial charge in [-0.1, -0.05) is 26.8 Å². The van der Waals surface area contributed by atoms with Gasteiger partial charge < -0.3 is 9.84 Å². The van der Waals surface area contributed by atoms with Crippen LogP contribution in [-0.4, -0.2) is 24.4 Å². The van der Waals surface area contributed by atoms with Crippen molar-refractivity contribution in [1.82, 2.24) is 0 Å². The third-order valence-corrected chi connectivity index (χ3v) is 2.79. The molecule has 0 radical (unpaired) electrons. The van der Waals surface area contributed by atoms with E-state index in [0.29, 0.717) is 11.8 Å². The number of ether oxygens (including phenoxy) is 1. The summed E-state index contributed by atoms with van der Waals surface area (Å²) in [6.07, 6.45) is 2.17. The molecule has 0 saturated carbocycles. The van der Waals surface area contributed by atoms with E-state index in [2.05, 4.69) is 20.4 Å². The Morgan fingerprint density at radius 2 is 2.00 bits per heavy atom. The van der Waals surface area contributed by atoms with E-state index in [0.717, 1.165) is 6.42 Å². The predicted octanol–water partition coefficient (Wildman–Crippen LogP) is 2.23. The van der Waals surface area contributed by atoms with E-state index in [1.54, 1.807) is 7.11 Å². The van der Waals surface area contributed by atoms with Crippen molar-refractivity contribution >= 4 is 0 Å². The number of allylic oxidation sites excluding steroid dienone is 1. The summed E-state index contributed by atoms with van der Waals surface area (Å²) < 4.78 is 5.29. The minimum atomic E-state index is -0.373. The van der Waals surface area contributed by atoms with E-state index in [1.807, 2.05) is 13.0 Å². The van der Waals surface area contributed by atoms with Crippen LogP contribution in [0.1, 0.15) is 27.2 Å². The van der Waals surface area contributed by atoms with E-state index < -0.39 is 0 Å². The maximum Gasteiger partial charge on any atom is 0.0860 e. The van der Waals surface area contributed by atoms with Crippen LogP contribution in [0.2, 0.25) is 0 Å². The van der Waals surface area contributed by atoms with Gasteiger partial charge >= 0.3 is 0 Å². The molecule has 0 aliphatic heterocycles. The Hall–Kier alpha value is -0.340. The van der Waals surface area contributed by atoms with Crippen LogP contribution in [0.25, 0.3) is 0 Å². The van der Waals surface area contributed by atoms with Crippen LogP contribution in [0.4, 0.5) is 0 Å². The van der Waals surface area contributed by atoms with Crippen LogP contribution < -0.4 is 0 Å². The molecular formula is C11H22O2. The van der Waals surface area contributed by atoms with E-state index >= 15 is 0 Å². The molecule has 0 aromatic heterocycles. The summed E-state index contributed by atoms with van der Waals surface area (Å²) in [5, 5.41) is 9.67. The SMILES string of the molecule is C=C[C@@H](C)C(C)[C@H](OC)C(O)CC. The highest BCUT2D eigenvalue weighted by atomic mass is 16.5. The van der Waals surface area contributed by atoms with E-state index in [-0.39, 0.29) is 12.2 Å². The van der Waals surface area contributed by atoms with Gasteiger partial charge in [0.1, 0.15) is 0 Å². The van der Waals surface area contributed by atoms with Gasteiger partial charge in [-0.15, -0.1) is 6.58 Å². The fraction of sp³-hybridized carbons (Fsp3) is 0.818. The minimum Gasteiger partial charge on any atom is -0.390 e. The molecule has 0 heterocycles. The number of methoxy groups -OCH3 is 1. The van der Waals surface area contributed by atoms with E-state index in [9.17, 15) is 5.11 Å². The topological polar surface area (TPSA) is 29.5 Å². The smallest absolute Gasteiger partial charge is 0.0860 e. The summed E-state index contributed by atoms with van der Waals surface area (Å²) in [5.74, 6) is 0.670. The summed E-state index contributed by atoms with van der Waals surface area (Å²) in [6.45, 7) is 9.88. The Balaban J connectivity index is 4.29. The summed E-state index contributed by atoms with van der Waals surface area (Å²) in [6, 6.07) is 0. The van der Waals surface area contributed by atoms with Gasteiger partial charge in [0.05, 0.1) is 12.2 Å². The molecule has 0 fully saturated rings. The van der Waals surface area contributed by atoms with Crippen LogP contribution >= 0.6 is 0 Å². The van der Waals surface area contributed by atoms with Gasteiger partial charge in [0.25, 0.3) is 0 Å². The van der Waals surface area contributed by atoms with Gasteiger partial charge in [0.15, 0.2) is 0 Å². The molecule has 2 heteroatoms. The summed E-state index contributed by atoms with van der Waals surface area (Å²) in [7, 11) is 1.65. The molecule has 0 aromatic rings. The molecule has 0 aliphatic rings. The molecule has 2 unspecified atom stereocenters. The highest BCUT2D eigenvalue weighted by Gasteiger charge is 2.26. The zero-order valence-corrected chi connectivity index (χ0v) is 9.16. The van der Waals surface area contributed by atoms with Gasteiger partial charge in [-0.05, 0) is 18.3 Å². The summed E-state index contributed by atoms with van der Waals surface area (Å²) >= 11 is 0. The highest BCUT2D eigenvalue weighted by Crippen LogP contribution is 2.21. The van der Waals surface area contributed by atoms with Crippen LogP contribution in [0.5, 0.6) is 0 Å². The lowest BCUT2D eigenvalue weighted by molar-refractivity contribution is -0.0504. The van der Waals surface area contributed by atoms with E-state index in [4.69, 9.17) is 4.74 Å². The summed E-state index contributed by atoms with van der Waals surface area (Å²) in [5.41, 5.74) is 0. The van der Waals surface area contributed by atoms with Gasteiger partial charge in [0, 0.05) is 7.11 Å². The number of hydrogen-bond donors (Lipinski definition) is 1. The molecule has 0 rings (SSSR count). The maximum absolute atomic E-state index is 9.67. The molecule has 0 amide bonds. The van der Waals surface area contributed by atoms with Gasteiger partial charge in [-0.2, -0.15) is 0 Å². The Bertz CT molecular complexity index is 145. The standard InChI is InChI=1S/C11H22O2/c1-6-8(3)9(4)11(13-5)10(12)7-2/h6,8-12H,1,7H2,2-5H3/t8-,9?,10?,11+/m1/s1. The molecule has 0 aliphatic carbocycles. The molecular weight excluding hydrogens is 164 g/mol. The zero-order chi connectivity index (χ0) is 10.4. The lowest BCUT2D eigenvalue weighted by Gasteiger charge is -2.29. The van der Waals surface area contributed by atoms with Crippen LogP contribution in [-0.2, 0) is 4.74 Å². The second-order valence-electron chi connectivity index (χ2n) is 3.63. The lowest BCUT2D eigenvalue weighted by Crippen LogP contribution is -2.36. The first-order valence-corrected chi connectivity index (χ1v) is 4.91. The lowest BCUT2D eigenvalue weighted by atomic mass is 9.87. The van der Waals surface area contributed by atoms with Crippen molar-refractivity contribution in [3.05, 3.63) is 12.7 Å². The van der Waals surface area contributed by atoms with Crippen molar-refractivity contribution in [3.8, 4) is 0 Å². The quantitative estimate of drug-likeness (QED) is 0.645. The Labute approximate surface area is 81.6 Å². The highest BCUT2D eigenvalue weighted by molar-refractivity contribution is 4.85. The van der Waals surface area contributed by atoms with Crippen molar-refractivity contribution in [1.29, 1.82) is 0 Å². The molecule has 13 heavy (non-hydrogen) atoms. The molecule has 2 nitrogen and oxygen atoms in total. The van der Waals surface area contributed by atoms with Crippen LogP contribution in [0.3, 0.4) is 0 Å². The van der Waals surface area contributed by atoms with Gasteiger partial charge in [0.2, 0.25) is 0 Å². The Morgan fingerprint density at radius 1 is 1.46 bits per heavy atom. The average molecular weight is 186 g/mol.